The van der Waals surface area contributed by atoms with Gasteiger partial charge in [0.05, 0.1) is 18.1 Å². The van der Waals surface area contributed by atoms with E-state index < -0.39 is 7.82 Å². The molecule has 1 aromatic heterocycles. The van der Waals surface area contributed by atoms with Crippen LogP contribution in [0.15, 0.2) is 17.5 Å². The van der Waals surface area contributed by atoms with Gasteiger partial charge in [0.25, 0.3) is 0 Å². The van der Waals surface area contributed by atoms with Gasteiger partial charge in [0.2, 0.25) is 0 Å². The van der Waals surface area contributed by atoms with E-state index >= 15 is 0 Å². The smallest absolute Gasteiger partial charge is 0.287 e. The molecule has 6 heteroatoms. The number of hydrogen-bond donors (Lipinski definition) is 0. The third-order valence-electron chi connectivity index (χ3n) is 1.60. The fraction of sp³-hybridized carbons (Fsp3) is 0.455. The highest BCUT2D eigenvalue weighted by molar-refractivity contribution is 7.48. The van der Waals surface area contributed by atoms with Crippen LogP contribution in [0.4, 0.5) is 0 Å². The molecule has 17 heavy (non-hydrogen) atoms. The fourth-order valence-corrected chi connectivity index (χ4v) is 2.68. The molecule has 1 aromatic rings. The Morgan fingerprint density at radius 3 is 2.53 bits per heavy atom. The molecule has 0 saturated heterocycles. The van der Waals surface area contributed by atoms with E-state index in [0.717, 1.165) is 4.88 Å². The fourth-order valence-electron chi connectivity index (χ4n) is 1.01. The Labute approximate surface area is 106 Å². The summed E-state index contributed by atoms with van der Waals surface area (Å²) < 4.78 is 26.8. The Morgan fingerprint density at radius 2 is 2.00 bits per heavy atom. The van der Waals surface area contributed by atoms with Crippen LogP contribution in [0.1, 0.15) is 18.7 Å². The van der Waals surface area contributed by atoms with Gasteiger partial charge in [-0.1, -0.05) is 17.9 Å². The van der Waals surface area contributed by atoms with Crippen LogP contribution < -0.4 is 0 Å². The van der Waals surface area contributed by atoms with Crippen LogP contribution >= 0.6 is 19.2 Å². The van der Waals surface area contributed by atoms with E-state index in [0.29, 0.717) is 0 Å². The first-order chi connectivity index (χ1) is 8.20. The van der Waals surface area contributed by atoms with Crippen molar-refractivity contribution in [1.29, 1.82) is 0 Å². The molecule has 0 radical (unpaired) electrons. The van der Waals surface area contributed by atoms with Gasteiger partial charge in [0.1, 0.15) is 6.61 Å². The topological polar surface area (TPSA) is 44.8 Å². The molecule has 1 heterocycles. The number of hydrogen-bond acceptors (Lipinski definition) is 5. The number of thiophene rings is 1. The number of phosphoric ester groups is 1. The van der Waals surface area contributed by atoms with Crippen molar-refractivity contribution in [2.24, 2.45) is 0 Å². The SMILES string of the molecule is CCOP(=O)(OCC)OCC#Cc1cccs1. The maximum Gasteiger partial charge on any atom is 0.475 e. The molecule has 0 aliphatic heterocycles. The Balaban J connectivity index is 2.44. The molecule has 0 unspecified atom stereocenters. The lowest BCUT2D eigenvalue weighted by Gasteiger charge is -2.14. The summed E-state index contributed by atoms with van der Waals surface area (Å²) in [5.41, 5.74) is 0. The van der Waals surface area contributed by atoms with Gasteiger partial charge in [-0.05, 0) is 25.3 Å². The predicted molar refractivity (Wildman–Crippen MR) is 68.0 cm³/mol. The van der Waals surface area contributed by atoms with Crippen LogP contribution in [0.5, 0.6) is 0 Å². The molecule has 0 aliphatic carbocycles. The Morgan fingerprint density at radius 1 is 1.29 bits per heavy atom. The van der Waals surface area contributed by atoms with Crippen molar-refractivity contribution >= 4 is 19.2 Å². The summed E-state index contributed by atoms with van der Waals surface area (Å²) in [7, 11) is -3.42. The first-order valence-corrected chi connectivity index (χ1v) is 7.60. The molecule has 1 rings (SSSR count). The van der Waals surface area contributed by atoms with Gasteiger partial charge in [0.15, 0.2) is 0 Å². The zero-order valence-corrected chi connectivity index (χ0v) is 11.6. The monoisotopic (exact) mass is 274 g/mol. The molecular weight excluding hydrogens is 259 g/mol. The summed E-state index contributed by atoms with van der Waals surface area (Å²) in [5.74, 6) is 5.66. The molecule has 0 atom stereocenters. The summed E-state index contributed by atoms with van der Waals surface area (Å²) in [5, 5.41) is 1.94. The quantitative estimate of drug-likeness (QED) is 0.590. The van der Waals surface area contributed by atoms with Crippen molar-refractivity contribution in [1.82, 2.24) is 0 Å². The minimum atomic E-state index is -3.42. The van der Waals surface area contributed by atoms with Gasteiger partial charge >= 0.3 is 7.82 Å². The zero-order valence-electron chi connectivity index (χ0n) is 9.84. The van der Waals surface area contributed by atoms with Gasteiger partial charge in [-0.25, -0.2) is 4.57 Å². The average Bonchev–Trinajstić information content (AvgIpc) is 2.78. The molecule has 4 nitrogen and oxygen atoms in total. The largest absolute Gasteiger partial charge is 0.475 e. The maximum atomic E-state index is 11.8. The van der Waals surface area contributed by atoms with Crippen molar-refractivity contribution in [2.75, 3.05) is 19.8 Å². The second-order valence-corrected chi connectivity index (χ2v) is 5.45. The van der Waals surface area contributed by atoms with Crippen molar-refractivity contribution in [3.63, 3.8) is 0 Å². The first kappa shape index (κ1) is 14.4. The lowest BCUT2D eigenvalue weighted by atomic mass is 10.5. The van der Waals surface area contributed by atoms with Gasteiger partial charge in [-0.2, -0.15) is 0 Å². The minimum Gasteiger partial charge on any atom is -0.287 e. The summed E-state index contributed by atoms with van der Waals surface area (Å²) in [4.78, 5) is 0.941. The van der Waals surface area contributed by atoms with E-state index in [1.807, 2.05) is 17.5 Å². The Bertz CT molecular complexity index is 408. The number of phosphoric acid groups is 1. The van der Waals surface area contributed by atoms with Crippen molar-refractivity contribution in [2.45, 2.75) is 13.8 Å². The van der Waals surface area contributed by atoms with Crippen LogP contribution in [0, 0.1) is 11.8 Å². The third kappa shape index (κ3) is 5.49. The third-order valence-corrected chi connectivity index (χ3v) is 3.98. The summed E-state index contributed by atoms with van der Waals surface area (Å²) in [6, 6.07) is 3.82. The van der Waals surface area contributed by atoms with Gasteiger partial charge in [-0.15, -0.1) is 11.3 Å². The molecule has 94 valence electrons. The molecule has 0 bridgehead atoms. The van der Waals surface area contributed by atoms with E-state index in [1.165, 1.54) is 0 Å². The zero-order chi connectivity index (χ0) is 12.6. The highest BCUT2D eigenvalue weighted by Gasteiger charge is 2.24. The van der Waals surface area contributed by atoms with Gasteiger partial charge in [0, 0.05) is 0 Å². The van der Waals surface area contributed by atoms with E-state index in [2.05, 4.69) is 11.8 Å². The van der Waals surface area contributed by atoms with Crippen molar-refractivity contribution < 1.29 is 18.1 Å². The maximum absolute atomic E-state index is 11.8. The molecule has 0 spiro atoms. The van der Waals surface area contributed by atoms with Crippen LogP contribution in [-0.4, -0.2) is 19.8 Å². The van der Waals surface area contributed by atoms with Crippen molar-refractivity contribution in [3.05, 3.63) is 22.4 Å². The van der Waals surface area contributed by atoms with Crippen molar-refractivity contribution in [3.8, 4) is 11.8 Å². The highest BCUT2D eigenvalue weighted by Crippen LogP contribution is 2.48. The second kappa shape index (κ2) is 7.65. The molecule has 0 amide bonds. The average molecular weight is 274 g/mol. The van der Waals surface area contributed by atoms with E-state index in [1.54, 1.807) is 25.2 Å². The van der Waals surface area contributed by atoms with Gasteiger partial charge < -0.3 is 0 Å². The Kier molecular flexibility index (Phi) is 6.49. The van der Waals surface area contributed by atoms with E-state index in [-0.39, 0.29) is 19.8 Å². The van der Waals surface area contributed by atoms with E-state index in [9.17, 15) is 4.57 Å². The normalized spacial score (nSPS) is 10.9. The molecule has 0 aliphatic rings. The van der Waals surface area contributed by atoms with Crippen LogP contribution in [0.3, 0.4) is 0 Å². The molecule has 0 N–H and O–H groups in total. The summed E-state index contributed by atoms with van der Waals surface area (Å²) >= 11 is 1.54. The van der Waals surface area contributed by atoms with Crippen LogP contribution in [-0.2, 0) is 18.1 Å². The molecule has 0 fully saturated rings. The molecule has 0 saturated carbocycles. The molecular formula is C11H15O4PS. The van der Waals surface area contributed by atoms with Crippen LogP contribution in [0.25, 0.3) is 0 Å². The summed E-state index contributed by atoms with van der Waals surface area (Å²) in [6.45, 7) is 4.03. The minimum absolute atomic E-state index is 0.0230. The van der Waals surface area contributed by atoms with Gasteiger partial charge in [-0.3, -0.25) is 13.6 Å². The van der Waals surface area contributed by atoms with Crippen LogP contribution in [0.2, 0.25) is 0 Å². The summed E-state index contributed by atoms with van der Waals surface area (Å²) in [6.07, 6.45) is 0. The lowest BCUT2D eigenvalue weighted by Crippen LogP contribution is -2.00. The lowest BCUT2D eigenvalue weighted by molar-refractivity contribution is 0.132. The Hall–Kier alpha value is -0.630. The molecule has 0 aromatic carbocycles. The highest BCUT2D eigenvalue weighted by atomic mass is 32.1. The standard InChI is InChI=1S/C11H15O4PS/c1-3-13-16(12,14-4-2)15-9-5-7-11-8-6-10-17-11/h6,8,10H,3-4,9H2,1-2H3. The number of rotatable bonds is 6. The second-order valence-electron chi connectivity index (χ2n) is 2.84. The predicted octanol–water partition coefficient (Wildman–Crippen LogP) is 3.30. The van der Waals surface area contributed by atoms with E-state index in [4.69, 9.17) is 13.6 Å². The first-order valence-electron chi connectivity index (χ1n) is 5.26.